The van der Waals surface area contributed by atoms with Gasteiger partial charge in [0.1, 0.15) is 11.0 Å². The fourth-order valence-corrected chi connectivity index (χ4v) is 5.43. The molecule has 1 fully saturated rings. The van der Waals surface area contributed by atoms with Gasteiger partial charge in [-0.2, -0.15) is 0 Å². The van der Waals surface area contributed by atoms with E-state index in [1.165, 1.54) is 48.8 Å². The van der Waals surface area contributed by atoms with Crippen LogP contribution in [0, 0.1) is 5.82 Å². The van der Waals surface area contributed by atoms with Crippen LogP contribution in [0.5, 0.6) is 5.75 Å². The van der Waals surface area contributed by atoms with Crippen LogP contribution in [-0.4, -0.2) is 52.7 Å². The summed E-state index contributed by atoms with van der Waals surface area (Å²) in [5.41, 5.74) is -0.0230. The second kappa shape index (κ2) is 9.17. The number of fused-ring (bicyclic) bond motifs is 2. The zero-order chi connectivity index (χ0) is 27.4. The van der Waals surface area contributed by atoms with Gasteiger partial charge in [-0.3, -0.25) is 29.4 Å². The van der Waals surface area contributed by atoms with E-state index in [9.17, 15) is 28.4 Å². The predicted octanol–water partition coefficient (Wildman–Crippen LogP) is 2.90. The van der Waals surface area contributed by atoms with Gasteiger partial charge in [0.2, 0.25) is 11.8 Å². The topological polar surface area (TPSA) is 147 Å². The molecule has 13 heteroatoms. The number of carbonyl (C=O) groups excluding carboxylic acids is 5. The Morgan fingerprint density at radius 1 is 1.16 bits per heavy atom. The number of rotatable bonds is 5. The Morgan fingerprint density at radius 2 is 1.89 bits per heavy atom. The first kappa shape index (κ1) is 25.3. The van der Waals surface area contributed by atoms with Crippen LogP contribution >= 0.6 is 11.3 Å². The SMILES string of the molecule is COc1cc2nc(C(C)(C)NC(=O)Nc3ccc4c(c3)C(=O)N(C3CCC(=O)NC3=O)C4=O)sc2cc1F. The lowest BCUT2D eigenvalue weighted by Gasteiger charge is -2.27. The minimum atomic E-state index is -1.08. The maximum absolute atomic E-state index is 14.1. The summed E-state index contributed by atoms with van der Waals surface area (Å²) in [4.78, 5) is 67.7. The summed E-state index contributed by atoms with van der Waals surface area (Å²) in [7, 11) is 1.36. The number of thiazole rings is 1. The molecule has 38 heavy (non-hydrogen) atoms. The summed E-state index contributed by atoms with van der Waals surface area (Å²) in [6.45, 7) is 3.47. The molecule has 0 bridgehead atoms. The number of piperidine rings is 1. The van der Waals surface area contributed by atoms with Gasteiger partial charge in [0.05, 0.1) is 34.0 Å². The number of benzene rings is 2. The van der Waals surface area contributed by atoms with Crippen molar-refractivity contribution in [2.75, 3.05) is 12.4 Å². The largest absolute Gasteiger partial charge is 0.494 e. The highest BCUT2D eigenvalue weighted by atomic mass is 32.1. The molecule has 196 valence electrons. The van der Waals surface area contributed by atoms with E-state index in [0.717, 1.165) is 4.90 Å². The molecule has 3 heterocycles. The van der Waals surface area contributed by atoms with Crippen molar-refractivity contribution >= 4 is 56.9 Å². The van der Waals surface area contributed by atoms with E-state index in [1.807, 2.05) is 0 Å². The lowest BCUT2D eigenvalue weighted by atomic mass is 10.0. The highest BCUT2D eigenvalue weighted by molar-refractivity contribution is 7.18. The molecular formula is C25H22FN5O6S. The van der Waals surface area contributed by atoms with Gasteiger partial charge in [0.15, 0.2) is 11.6 Å². The minimum absolute atomic E-state index is 0.0176. The Hall–Kier alpha value is -4.39. The number of nitrogens with one attached hydrogen (secondary N) is 3. The maximum Gasteiger partial charge on any atom is 0.319 e. The summed E-state index contributed by atoms with van der Waals surface area (Å²) in [6.07, 6.45) is 0.0631. The molecule has 3 N–H and O–H groups in total. The van der Waals surface area contributed by atoms with Gasteiger partial charge in [-0.25, -0.2) is 14.2 Å². The Kier molecular flexibility index (Phi) is 6.10. The van der Waals surface area contributed by atoms with E-state index in [0.29, 0.717) is 15.2 Å². The van der Waals surface area contributed by atoms with Crippen molar-refractivity contribution < 1.29 is 33.1 Å². The van der Waals surface area contributed by atoms with E-state index >= 15 is 0 Å². The Labute approximate surface area is 219 Å². The molecule has 11 nitrogen and oxygen atoms in total. The van der Waals surface area contributed by atoms with E-state index in [-0.39, 0.29) is 35.4 Å². The van der Waals surface area contributed by atoms with E-state index in [2.05, 4.69) is 20.9 Å². The molecule has 1 unspecified atom stereocenters. The zero-order valence-electron chi connectivity index (χ0n) is 20.5. The molecule has 1 saturated heterocycles. The van der Waals surface area contributed by atoms with E-state index in [1.54, 1.807) is 13.8 Å². The molecular weight excluding hydrogens is 517 g/mol. The van der Waals surface area contributed by atoms with Crippen molar-refractivity contribution in [3.05, 3.63) is 52.3 Å². The molecule has 3 aromatic rings. The number of imide groups is 2. The first-order valence-corrected chi connectivity index (χ1v) is 12.4. The lowest BCUT2D eigenvalue weighted by Crippen LogP contribution is -2.54. The van der Waals surface area contributed by atoms with Crippen molar-refractivity contribution in [2.45, 2.75) is 38.3 Å². The number of urea groups is 1. The number of aromatic nitrogens is 1. The first-order valence-electron chi connectivity index (χ1n) is 11.6. The number of nitrogens with zero attached hydrogens (tertiary/aromatic N) is 2. The van der Waals surface area contributed by atoms with Crippen LogP contribution in [-0.2, 0) is 15.1 Å². The van der Waals surface area contributed by atoms with Crippen molar-refractivity contribution in [3.63, 3.8) is 0 Å². The average molecular weight is 540 g/mol. The summed E-state index contributed by atoms with van der Waals surface area (Å²) in [6, 6.07) is 5.36. The average Bonchev–Trinajstić information content (AvgIpc) is 3.37. The van der Waals surface area contributed by atoms with E-state index in [4.69, 9.17) is 4.74 Å². The van der Waals surface area contributed by atoms with Crippen LogP contribution in [0.25, 0.3) is 10.2 Å². The Morgan fingerprint density at radius 3 is 2.61 bits per heavy atom. The van der Waals surface area contributed by atoms with Crippen molar-refractivity contribution in [2.24, 2.45) is 0 Å². The second-order valence-electron chi connectivity index (χ2n) is 9.39. The van der Waals surface area contributed by atoms with Crippen LogP contribution in [0.3, 0.4) is 0 Å². The molecule has 2 aliphatic rings. The van der Waals surface area contributed by atoms with Gasteiger partial charge in [-0.1, -0.05) is 0 Å². The third-order valence-corrected chi connectivity index (χ3v) is 7.66. The van der Waals surface area contributed by atoms with Gasteiger partial charge in [-0.15, -0.1) is 11.3 Å². The second-order valence-corrected chi connectivity index (χ2v) is 10.4. The quantitative estimate of drug-likeness (QED) is 0.423. The standard InChI is InChI=1S/C25H22FN5O6S/c1-25(2,23-28-15-10-17(37-3)14(26)9-18(15)38-23)30-24(36)27-11-4-5-12-13(8-11)22(35)31(21(12)34)16-6-7-19(32)29-20(16)33/h4-5,8-10,16H,6-7H2,1-3H3,(H2,27,30,36)(H,29,32,33). The summed E-state index contributed by atoms with van der Waals surface area (Å²) in [5.74, 6) is -2.92. The number of halogens is 1. The van der Waals surface area contributed by atoms with Crippen LogP contribution in [0.1, 0.15) is 52.4 Å². The number of hydrogen-bond acceptors (Lipinski definition) is 8. The van der Waals surface area contributed by atoms with Crippen LogP contribution in [0.15, 0.2) is 30.3 Å². The first-order chi connectivity index (χ1) is 18.0. The predicted molar refractivity (Wildman–Crippen MR) is 134 cm³/mol. The minimum Gasteiger partial charge on any atom is -0.494 e. The third kappa shape index (κ3) is 4.34. The Bertz CT molecular complexity index is 1550. The number of anilines is 1. The van der Waals surface area contributed by atoms with Crippen LogP contribution in [0.4, 0.5) is 14.9 Å². The Balaban J connectivity index is 1.31. The van der Waals surface area contributed by atoms with Crippen LogP contribution < -0.4 is 20.7 Å². The molecule has 6 amide bonds. The van der Waals surface area contributed by atoms with E-state index < -0.39 is 47.1 Å². The third-order valence-electron chi connectivity index (χ3n) is 6.32. The number of carbonyl (C=O) groups is 5. The molecule has 0 aliphatic carbocycles. The van der Waals surface area contributed by atoms with Gasteiger partial charge < -0.3 is 15.4 Å². The van der Waals surface area contributed by atoms with Gasteiger partial charge in [-0.05, 0) is 44.5 Å². The molecule has 2 aromatic carbocycles. The fourth-order valence-electron chi connectivity index (χ4n) is 4.40. The molecule has 0 radical (unpaired) electrons. The molecule has 0 spiro atoms. The highest BCUT2D eigenvalue weighted by Gasteiger charge is 2.44. The van der Waals surface area contributed by atoms with Gasteiger partial charge in [0, 0.05) is 18.2 Å². The summed E-state index contributed by atoms with van der Waals surface area (Å²) >= 11 is 1.23. The zero-order valence-corrected chi connectivity index (χ0v) is 21.3. The maximum atomic E-state index is 14.1. The number of methoxy groups -OCH3 is 1. The monoisotopic (exact) mass is 539 g/mol. The van der Waals surface area contributed by atoms with Crippen molar-refractivity contribution in [3.8, 4) is 5.75 Å². The molecule has 2 aliphatic heterocycles. The highest BCUT2D eigenvalue weighted by Crippen LogP contribution is 2.34. The number of ether oxygens (including phenoxy) is 1. The van der Waals surface area contributed by atoms with Crippen molar-refractivity contribution in [1.29, 1.82) is 0 Å². The normalized spacial score (nSPS) is 17.5. The fraction of sp³-hybridized carbons (Fsp3) is 0.280. The molecule has 1 atom stereocenters. The summed E-state index contributed by atoms with van der Waals surface area (Å²) in [5, 5.41) is 8.13. The van der Waals surface area contributed by atoms with Crippen LogP contribution in [0.2, 0.25) is 0 Å². The summed E-state index contributed by atoms with van der Waals surface area (Å²) < 4.78 is 19.7. The molecule has 0 saturated carbocycles. The lowest BCUT2D eigenvalue weighted by molar-refractivity contribution is -0.136. The number of amides is 6. The van der Waals surface area contributed by atoms with Gasteiger partial charge in [0.25, 0.3) is 11.8 Å². The van der Waals surface area contributed by atoms with Crippen molar-refractivity contribution in [1.82, 2.24) is 20.5 Å². The number of hydrogen-bond donors (Lipinski definition) is 3. The molecule has 5 rings (SSSR count). The van der Waals surface area contributed by atoms with Gasteiger partial charge >= 0.3 is 6.03 Å². The molecule has 1 aromatic heterocycles. The smallest absolute Gasteiger partial charge is 0.319 e.